The molecule has 2 aromatic carbocycles. The molecule has 0 heterocycles. The Balaban J connectivity index is 1.87. The van der Waals surface area contributed by atoms with Crippen LogP contribution in [0.2, 0.25) is 15.1 Å². The van der Waals surface area contributed by atoms with E-state index in [2.05, 4.69) is 10.5 Å². The van der Waals surface area contributed by atoms with E-state index in [0.717, 1.165) is 0 Å². The molecule has 2 rings (SSSR count). The van der Waals surface area contributed by atoms with Gasteiger partial charge in [-0.2, -0.15) is 0 Å². The molecule has 0 atom stereocenters. The number of nitrogens with one attached hydrogen (secondary N) is 1. The Morgan fingerprint density at radius 2 is 1.65 bits per heavy atom. The lowest BCUT2D eigenvalue weighted by molar-refractivity contribution is -0.116. The first kappa shape index (κ1) is 20.2. The Hall–Kier alpha value is -2.08. The molecule has 0 radical (unpaired) electrons. The van der Waals surface area contributed by atoms with Crippen molar-refractivity contribution in [3.8, 4) is 0 Å². The highest BCUT2D eigenvalue weighted by molar-refractivity contribution is 6.42. The maximum atomic E-state index is 12.2. The number of carbonyl (C=O) groups is 2. The molecule has 0 saturated carbocycles. The Kier molecular flexibility index (Phi) is 7.45. The average molecular weight is 414 g/mol. The molecule has 0 saturated heterocycles. The van der Waals surface area contributed by atoms with Gasteiger partial charge in [0.1, 0.15) is 0 Å². The smallest absolute Gasteiger partial charge is 0.224 e. The van der Waals surface area contributed by atoms with E-state index in [1.807, 2.05) is 0 Å². The summed E-state index contributed by atoms with van der Waals surface area (Å²) in [4.78, 5) is 24.2. The summed E-state index contributed by atoms with van der Waals surface area (Å²) in [6, 6.07) is 11.1. The monoisotopic (exact) mass is 412 g/mol. The Labute approximate surface area is 165 Å². The number of hydrogen-bond donors (Lipinski definition) is 2. The minimum Gasteiger partial charge on any atom is -0.411 e. The van der Waals surface area contributed by atoms with Gasteiger partial charge in [-0.1, -0.05) is 40.0 Å². The summed E-state index contributed by atoms with van der Waals surface area (Å²) in [5.74, 6) is -0.525. The average Bonchev–Trinajstić information content (AvgIpc) is 2.62. The zero-order valence-corrected chi connectivity index (χ0v) is 15.8. The van der Waals surface area contributed by atoms with Crippen molar-refractivity contribution in [2.24, 2.45) is 5.16 Å². The summed E-state index contributed by atoms with van der Waals surface area (Å²) in [5.41, 5.74) is 1.18. The van der Waals surface area contributed by atoms with Crippen LogP contribution in [0, 0.1) is 0 Å². The van der Waals surface area contributed by atoms with E-state index < -0.39 is 0 Å². The zero-order valence-electron chi connectivity index (χ0n) is 13.5. The highest BCUT2D eigenvalue weighted by atomic mass is 35.5. The minimum absolute atomic E-state index is 0.0491. The molecule has 2 N–H and O–H groups in total. The van der Waals surface area contributed by atoms with Crippen LogP contribution < -0.4 is 5.32 Å². The standard InChI is InChI=1S/C18H15Cl3N2O3/c19-12-3-1-11(2-4-12)17(24)10-14(23-26)6-8-18(25)22-13-5-7-15(20)16(21)9-13/h1-5,7,9,26H,6,8,10H2,(H,22,25)/b23-14-. The third-order valence-electron chi connectivity index (χ3n) is 3.52. The second-order valence-electron chi connectivity index (χ2n) is 5.45. The molecular weight excluding hydrogens is 399 g/mol. The maximum absolute atomic E-state index is 12.2. The van der Waals surface area contributed by atoms with E-state index in [-0.39, 0.29) is 36.7 Å². The molecule has 0 aromatic heterocycles. The number of carbonyl (C=O) groups excluding carboxylic acids is 2. The van der Waals surface area contributed by atoms with Crippen molar-refractivity contribution >= 4 is 57.9 Å². The molecular formula is C18H15Cl3N2O3. The van der Waals surface area contributed by atoms with Gasteiger partial charge in [-0.25, -0.2) is 0 Å². The van der Waals surface area contributed by atoms with Crippen LogP contribution >= 0.6 is 34.8 Å². The van der Waals surface area contributed by atoms with Gasteiger partial charge in [-0.05, 0) is 48.9 Å². The van der Waals surface area contributed by atoms with Gasteiger partial charge in [0.25, 0.3) is 0 Å². The van der Waals surface area contributed by atoms with Crippen molar-refractivity contribution < 1.29 is 14.8 Å². The van der Waals surface area contributed by atoms with Crippen molar-refractivity contribution in [3.05, 3.63) is 63.1 Å². The van der Waals surface area contributed by atoms with Crippen LogP contribution in [0.15, 0.2) is 47.6 Å². The molecule has 136 valence electrons. The highest BCUT2D eigenvalue weighted by Crippen LogP contribution is 2.25. The highest BCUT2D eigenvalue weighted by Gasteiger charge is 2.13. The van der Waals surface area contributed by atoms with E-state index in [4.69, 9.17) is 40.0 Å². The van der Waals surface area contributed by atoms with Gasteiger partial charge in [0.2, 0.25) is 5.91 Å². The van der Waals surface area contributed by atoms with Crippen LogP contribution in [0.5, 0.6) is 0 Å². The van der Waals surface area contributed by atoms with Crippen molar-refractivity contribution in [2.75, 3.05) is 5.32 Å². The van der Waals surface area contributed by atoms with Gasteiger partial charge in [0.05, 0.1) is 22.2 Å². The number of nitrogens with zero attached hydrogens (tertiary/aromatic N) is 1. The summed E-state index contributed by atoms with van der Waals surface area (Å²) >= 11 is 17.5. The summed E-state index contributed by atoms with van der Waals surface area (Å²) < 4.78 is 0. The third-order valence-corrected chi connectivity index (χ3v) is 4.51. The van der Waals surface area contributed by atoms with Gasteiger partial charge >= 0.3 is 0 Å². The molecule has 0 fully saturated rings. The first-order valence-corrected chi connectivity index (χ1v) is 8.76. The predicted octanol–water partition coefficient (Wildman–Crippen LogP) is 5.47. The second-order valence-corrected chi connectivity index (χ2v) is 6.70. The second kappa shape index (κ2) is 9.57. The van der Waals surface area contributed by atoms with Gasteiger partial charge in [0.15, 0.2) is 5.78 Å². The van der Waals surface area contributed by atoms with Crippen molar-refractivity contribution in [1.82, 2.24) is 0 Å². The SMILES string of the molecule is O=C(CC/C(CC(=O)c1ccc(Cl)cc1)=N/O)Nc1ccc(Cl)c(Cl)c1. The molecule has 8 heteroatoms. The van der Waals surface area contributed by atoms with E-state index >= 15 is 0 Å². The molecule has 0 spiro atoms. The Morgan fingerprint density at radius 3 is 2.27 bits per heavy atom. The lowest BCUT2D eigenvalue weighted by Gasteiger charge is -2.07. The molecule has 0 bridgehead atoms. The number of rotatable bonds is 7. The lowest BCUT2D eigenvalue weighted by atomic mass is 10.0. The number of anilines is 1. The van der Waals surface area contributed by atoms with Crippen molar-refractivity contribution in [1.29, 1.82) is 0 Å². The molecule has 0 unspecified atom stereocenters. The van der Waals surface area contributed by atoms with Gasteiger partial charge in [-0.3, -0.25) is 9.59 Å². The maximum Gasteiger partial charge on any atom is 0.224 e. The molecule has 0 aliphatic carbocycles. The molecule has 2 aromatic rings. The number of hydrogen-bond acceptors (Lipinski definition) is 4. The summed E-state index contributed by atoms with van der Waals surface area (Å²) in [5, 5.41) is 16.1. The number of ketones is 1. The number of benzene rings is 2. The largest absolute Gasteiger partial charge is 0.411 e. The molecule has 1 amide bonds. The van der Waals surface area contributed by atoms with E-state index in [1.54, 1.807) is 36.4 Å². The first-order valence-electron chi connectivity index (χ1n) is 7.62. The number of oxime groups is 1. The van der Waals surface area contributed by atoms with Crippen LogP contribution in [-0.2, 0) is 4.79 Å². The first-order chi connectivity index (χ1) is 12.4. The number of amides is 1. The van der Waals surface area contributed by atoms with E-state index in [9.17, 15) is 9.59 Å². The molecule has 26 heavy (non-hydrogen) atoms. The normalized spacial score (nSPS) is 11.3. The Bertz CT molecular complexity index is 836. The predicted molar refractivity (Wildman–Crippen MR) is 104 cm³/mol. The molecule has 5 nitrogen and oxygen atoms in total. The van der Waals surface area contributed by atoms with Crippen molar-refractivity contribution in [3.63, 3.8) is 0 Å². The lowest BCUT2D eigenvalue weighted by Crippen LogP contribution is -2.15. The van der Waals surface area contributed by atoms with Crippen LogP contribution in [0.1, 0.15) is 29.6 Å². The van der Waals surface area contributed by atoms with Crippen LogP contribution in [0.4, 0.5) is 5.69 Å². The number of halogens is 3. The quantitative estimate of drug-likeness (QED) is 0.273. The van der Waals surface area contributed by atoms with E-state index in [0.29, 0.717) is 26.3 Å². The van der Waals surface area contributed by atoms with Crippen molar-refractivity contribution in [2.45, 2.75) is 19.3 Å². The fourth-order valence-electron chi connectivity index (χ4n) is 2.15. The summed E-state index contributed by atoms with van der Waals surface area (Å²) in [6.07, 6.45) is 0.106. The topological polar surface area (TPSA) is 78.8 Å². The number of Topliss-reactive ketones (excluding diaryl/α,β-unsaturated/α-hetero) is 1. The van der Waals surface area contributed by atoms with Gasteiger partial charge in [-0.15, -0.1) is 0 Å². The van der Waals surface area contributed by atoms with Crippen LogP contribution in [0.3, 0.4) is 0 Å². The fourth-order valence-corrected chi connectivity index (χ4v) is 2.58. The van der Waals surface area contributed by atoms with E-state index in [1.165, 1.54) is 6.07 Å². The minimum atomic E-state index is -0.302. The fraction of sp³-hybridized carbons (Fsp3) is 0.167. The third kappa shape index (κ3) is 6.02. The molecule has 0 aliphatic heterocycles. The summed E-state index contributed by atoms with van der Waals surface area (Å²) in [7, 11) is 0. The van der Waals surface area contributed by atoms with Gasteiger partial charge < -0.3 is 10.5 Å². The summed E-state index contributed by atoms with van der Waals surface area (Å²) in [6.45, 7) is 0. The Morgan fingerprint density at radius 1 is 0.962 bits per heavy atom. The van der Waals surface area contributed by atoms with Crippen LogP contribution in [-0.4, -0.2) is 22.6 Å². The molecule has 0 aliphatic rings. The van der Waals surface area contributed by atoms with Gasteiger partial charge in [0, 0.05) is 22.7 Å². The van der Waals surface area contributed by atoms with Crippen LogP contribution in [0.25, 0.3) is 0 Å². The zero-order chi connectivity index (χ0) is 19.1.